The molecule has 0 spiro atoms. The highest BCUT2D eigenvalue weighted by Gasteiger charge is 2.18. The lowest BCUT2D eigenvalue weighted by atomic mass is 10.5. The number of thioether (sulfide) groups is 1. The molecular formula is C5H5NO2S2. The highest BCUT2D eigenvalue weighted by atomic mass is 32.2. The molecule has 0 bridgehead atoms. The van der Waals surface area contributed by atoms with Gasteiger partial charge in [0.2, 0.25) is 0 Å². The van der Waals surface area contributed by atoms with Crippen LogP contribution in [0.25, 0.3) is 0 Å². The molecule has 5 heteroatoms. The number of thiocyanates is 1. The van der Waals surface area contributed by atoms with Gasteiger partial charge < -0.3 is 0 Å². The topological polar surface area (TPSA) is 57.9 Å². The van der Waals surface area contributed by atoms with Crippen LogP contribution in [-0.4, -0.2) is 14.2 Å². The van der Waals surface area contributed by atoms with Crippen LogP contribution >= 0.6 is 11.8 Å². The van der Waals surface area contributed by atoms with Crippen molar-refractivity contribution in [3.8, 4) is 5.40 Å². The van der Waals surface area contributed by atoms with Gasteiger partial charge in [-0.1, -0.05) is 0 Å². The Balaban J connectivity index is 2.79. The van der Waals surface area contributed by atoms with Crippen molar-refractivity contribution < 1.29 is 8.42 Å². The lowest BCUT2D eigenvalue weighted by Crippen LogP contribution is -1.92. The van der Waals surface area contributed by atoms with Gasteiger partial charge in [-0.05, 0) is 18.2 Å². The van der Waals surface area contributed by atoms with Crippen LogP contribution in [0.15, 0.2) is 10.3 Å². The number of nitriles is 1. The minimum absolute atomic E-state index is 0.164. The van der Waals surface area contributed by atoms with Gasteiger partial charge >= 0.3 is 0 Å². The number of nitrogens with zero attached hydrogens (tertiary/aromatic N) is 1. The maximum atomic E-state index is 10.7. The second kappa shape index (κ2) is 2.64. The summed E-state index contributed by atoms with van der Waals surface area (Å²) in [5, 5.41) is 11.2. The molecule has 1 aliphatic heterocycles. The first kappa shape index (κ1) is 7.63. The van der Waals surface area contributed by atoms with Crippen LogP contribution in [0.3, 0.4) is 0 Å². The lowest BCUT2D eigenvalue weighted by molar-refractivity contribution is 0.606. The van der Waals surface area contributed by atoms with Crippen LogP contribution in [0, 0.1) is 10.7 Å². The first-order valence-electron chi connectivity index (χ1n) is 2.63. The highest BCUT2D eigenvalue weighted by molar-refractivity contribution is 8.08. The van der Waals surface area contributed by atoms with E-state index in [1.807, 2.05) is 5.40 Å². The van der Waals surface area contributed by atoms with Crippen LogP contribution in [0.2, 0.25) is 0 Å². The van der Waals surface area contributed by atoms with Gasteiger partial charge in [0.05, 0.1) is 5.75 Å². The van der Waals surface area contributed by atoms with Gasteiger partial charge in [-0.15, -0.1) is 0 Å². The summed E-state index contributed by atoms with van der Waals surface area (Å²) in [7, 11) is -2.95. The zero-order valence-electron chi connectivity index (χ0n) is 5.07. The van der Waals surface area contributed by atoms with Crippen molar-refractivity contribution in [2.24, 2.45) is 0 Å². The molecule has 0 radical (unpaired) electrons. The summed E-state index contributed by atoms with van der Waals surface area (Å²) < 4.78 is 21.4. The SMILES string of the molecule is N#CSC1=CS(=O)(=O)CC1. The van der Waals surface area contributed by atoms with Crippen molar-refractivity contribution in [2.45, 2.75) is 6.42 Å². The fourth-order valence-electron chi connectivity index (χ4n) is 0.695. The Hall–Kier alpha value is -0.470. The zero-order chi connectivity index (χ0) is 7.61. The van der Waals surface area contributed by atoms with Crippen molar-refractivity contribution >= 4 is 21.6 Å². The number of rotatable bonds is 1. The summed E-state index contributed by atoms with van der Waals surface area (Å²) >= 11 is 0.929. The first-order valence-corrected chi connectivity index (χ1v) is 5.16. The van der Waals surface area contributed by atoms with Crippen LogP contribution in [0.1, 0.15) is 6.42 Å². The molecule has 0 unspecified atom stereocenters. The predicted octanol–water partition coefficient (Wildman–Crippen LogP) is 0.861. The summed E-state index contributed by atoms with van der Waals surface area (Å²) in [4.78, 5) is 0.655. The van der Waals surface area contributed by atoms with E-state index in [2.05, 4.69) is 0 Å². The molecule has 0 aromatic heterocycles. The van der Waals surface area contributed by atoms with Crippen LogP contribution in [0.5, 0.6) is 0 Å². The standard InChI is InChI=1S/C5H5NO2S2/c6-4-9-5-1-2-10(7,8)3-5/h3H,1-2H2. The molecule has 1 heterocycles. The molecule has 0 aliphatic carbocycles. The fourth-order valence-corrected chi connectivity index (χ4v) is 2.92. The molecule has 0 amide bonds. The van der Waals surface area contributed by atoms with Gasteiger partial charge in [0.15, 0.2) is 9.84 Å². The second-order valence-electron chi connectivity index (χ2n) is 1.89. The van der Waals surface area contributed by atoms with Crippen molar-refractivity contribution in [2.75, 3.05) is 5.75 Å². The minimum Gasteiger partial charge on any atom is -0.224 e. The number of allylic oxidation sites excluding steroid dienone is 1. The average Bonchev–Trinajstić information content (AvgIpc) is 2.12. The monoisotopic (exact) mass is 175 g/mol. The normalized spacial score (nSPS) is 21.7. The van der Waals surface area contributed by atoms with Crippen LogP contribution in [-0.2, 0) is 9.84 Å². The van der Waals surface area contributed by atoms with Crippen LogP contribution in [0.4, 0.5) is 0 Å². The van der Waals surface area contributed by atoms with E-state index in [1.165, 1.54) is 5.41 Å². The third-order valence-corrected chi connectivity index (χ3v) is 3.36. The molecule has 54 valence electrons. The summed E-state index contributed by atoms with van der Waals surface area (Å²) in [6.07, 6.45) is 0.501. The maximum absolute atomic E-state index is 10.7. The van der Waals surface area contributed by atoms with E-state index in [-0.39, 0.29) is 5.75 Å². The Morgan fingerprint density at radius 1 is 1.70 bits per heavy atom. The lowest BCUT2D eigenvalue weighted by Gasteiger charge is -1.83. The predicted molar refractivity (Wildman–Crippen MR) is 39.7 cm³/mol. The van der Waals surface area contributed by atoms with Gasteiger partial charge in [0, 0.05) is 10.3 Å². The minimum atomic E-state index is -2.95. The van der Waals surface area contributed by atoms with Gasteiger partial charge in [-0.3, -0.25) is 0 Å². The third-order valence-electron chi connectivity index (χ3n) is 1.12. The van der Waals surface area contributed by atoms with Gasteiger partial charge in [0.25, 0.3) is 0 Å². The van der Waals surface area contributed by atoms with Gasteiger partial charge in [-0.2, -0.15) is 5.26 Å². The fraction of sp³-hybridized carbons (Fsp3) is 0.400. The molecule has 0 saturated heterocycles. The van der Waals surface area contributed by atoms with E-state index < -0.39 is 9.84 Å². The molecule has 3 nitrogen and oxygen atoms in total. The third kappa shape index (κ3) is 1.75. The van der Waals surface area contributed by atoms with Crippen molar-refractivity contribution in [3.63, 3.8) is 0 Å². The quantitative estimate of drug-likeness (QED) is 0.555. The van der Waals surface area contributed by atoms with E-state index in [0.29, 0.717) is 11.3 Å². The zero-order valence-corrected chi connectivity index (χ0v) is 6.70. The van der Waals surface area contributed by atoms with Crippen LogP contribution < -0.4 is 0 Å². The molecule has 0 saturated carbocycles. The van der Waals surface area contributed by atoms with E-state index in [4.69, 9.17) is 5.26 Å². The number of hydrogen-bond donors (Lipinski definition) is 0. The largest absolute Gasteiger partial charge is 0.224 e. The molecule has 0 aromatic rings. The molecular weight excluding hydrogens is 170 g/mol. The summed E-state index contributed by atoms with van der Waals surface area (Å²) in [6, 6.07) is 0. The summed E-state index contributed by atoms with van der Waals surface area (Å²) in [5.41, 5.74) is 0. The Morgan fingerprint density at radius 2 is 2.40 bits per heavy atom. The summed E-state index contributed by atoms with van der Waals surface area (Å²) in [6.45, 7) is 0. The Bertz CT molecular complexity index is 296. The Morgan fingerprint density at radius 3 is 2.80 bits per heavy atom. The first-order chi connectivity index (χ1) is 4.64. The Kier molecular flexibility index (Phi) is 2.02. The molecule has 1 aliphatic rings. The molecule has 0 N–H and O–H groups in total. The highest BCUT2D eigenvalue weighted by Crippen LogP contribution is 2.25. The second-order valence-corrected chi connectivity index (χ2v) is 4.78. The van der Waals surface area contributed by atoms with E-state index in [0.717, 1.165) is 11.8 Å². The van der Waals surface area contributed by atoms with Crippen molar-refractivity contribution in [1.29, 1.82) is 5.26 Å². The van der Waals surface area contributed by atoms with Gasteiger partial charge in [-0.25, -0.2) is 8.42 Å². The number of hydrogen-bond acceptors (Lipinski definition) is 4. The molecule has 0 aromatic carbocycles. The molecule has 10 heavy (non-hydrogen) atoms. The van der Waals surface area contributed by atoms with Crippen molar-refractivity contribution in [3.05, 3.63) is 10.3 Å². The average molecular weight is 175 g/mol. The number of sulfone groups is 1. The van der Waals surface area contributed by atoms with Crippen molar-refractivity contribution in [1.82, 2.24) is 0 Å². The molecule has 1 rings (SSSR count). The maximum Gasteiger partial charge on any atom is 0.172 e. The Labute approximate surface area is 63.6 Å². The molecule has 0 fully saturated rings. The van der Waals surface area contributed by atoms with E-state index >= 15 is 0 Å². The van der Waals surface area contributed by atoms with E-state index in [9.17, 15) is 8.42 Å². The smallest absolute Gasteiger partial charge is 0.172 e. The van der Waals surface area contributed by atoms with E-state index in [1.54, 1.807) is 0 Å². The van der Waals surface area contributed by atoms with Gasteiger partial charge in [0.1, 0.15) is 5.40 Å². The summed E-state index contributed by atoms with van der Waals surface area (Å²) in [5.74, 6) is 0.164. The molecule has 0 atom stereocenters.